The lowest BCUT2D eigenvalue weighted by atomic mass is 10.0. The van der Waals surface area contributed by atoms with E-state index in [9.17, 15) is 0 Å². The summed E-state index contributed by atoms with van der Waals surface area (Å²) in [4.78, 5) is 10.5. The monoisotopic (exact) mass is 757 g/mol. The van der Waals surface area contributed by atoms with E-state index in [4.69, 9.17) is 14.4 Å². The van der Waals surface area contributed by atoms with E-state index in [0.717, 1.165) is 61.1 Å². The fourth-order valence-corrected chi connectivity index (χ4v) is 8.63. The molecule has 2 aromatic heterocycles. The van der Waals surface area contributed by atoms with Gasteiger partial charge in [0.25, 0.3) is 0 Å². The van der Waals surface area contributed by atoms with E-state index >= 15 is 0 Å². The second-order valence-electron chi connectivity index (χ2n) is 15.4. The number of aromatic nitrogens is 1. The van der Waals surface area contributed by atoms with Gasteiger partial charge in [-0.05, 0) is 112 Å². The van der Waals surface area contributed by atoms with E-state index in [1.807, 2.05) is 25.1 Å². The Morgan fingerprint density at radius 3 is 1.90 bits per heavy atom. The number of hydrogen-bond acceptors (Lipinski definition) is 2. The molecule has 0 spiro atoms. The maximum atomic E-state index is 6.76. The van der Waals surface area contributed by atoms with E-state index in [0.29, 0.717) is 5.84 Å². The van der Waals surface area contributed by atoms with Crippen molar-refractivity contribution in [1.82, 2.24) is 4.57 Å². The zero-order chi connectivity index (χ0) is 39.5. The highest BCUT2D eigenvalue weighted by Crippen LogP contribution is 2.39. The van der Waals surface area contributed by atoms with Gasteiger partial charge in [0.05, 0.1) is 17.1 Å². The first kappa shape index (κ1) is 34.7. The third-order valence-electron chi connectivity index (χ3n) is 11.8. The van der Waals surface area contributed by atoms with E-state index in [1.165, 1.54) is 43.4 Å². The Balaban J connectivity index is 1.04. The Kier molecular flexibility index (Phi) is 8.30. The molecule has 0 amide bonds. The highest BCUT2D eigenvalue weighted by Gasteiger charge is 2.18. The van der Waals surface area contributed by atoms with Crippen molar-refractivity contribution < 1.29 is 4.42 Å². The van der Waals surface area contributed by atoms with Crippen molar-refractivity contribution in [3.05, 3.63) is 211 Å². The van der Waals surface area contributed by atoms with Gasteiger partial charge in [-0.25, -0.2) is 4.99 Å². The van der Waals surface area contributed by atoms with Crippen LogP contribution in [0.5, 0.6) is 0 Å². The summed E-state index contributed by atoms with van der Waals surface area (Å²) < 4.78 is 9.14. The van der Waals surface area contributed by atoms with Crippen LogP contribution in [-0.2, 0) is 0 Å². The summed E-state index contributed by atoms with van der Waals surface area (Å²) in [6, 6.07) is 68.9. The van der Waals surface area contributed by atoms with E-state index in [2.05, 4.69) is 187 Å². The maximum Gasteiger partial charge on any atom is 0.155 e. The molecule has 11 aromatic rings. The molecule has 0 saturated heterocycles. The van der Waals surface area contributed by atoms with Crippen molar-refractivity contribution in [3.8, 4) is 16.8 Å². The topological polar surface area (TPSA) is 42.8 Å². The first-order valence-electron chi connectivity index (χ1n) is 20.2. The molecule has 4 nitrogen and oxygen atoms in total. The van der Waals surface area contributed by atoms with E-state index in [1.54, 1.807) is 0 Å². The highest BCUT2D eigenvalue weighted by molar-refractivity contribution is 6.16. The summed E-state index contributed by atoms with van der Waals surface area (Å²) in [5, 5.41) is 9.42. The molecule has 0 aliphatic carbocycles. The lowest BCUT2D eigenvalue weighted by Gasteiger charge is -2.12. The normalized spacial score (nSPS) is 13.1. The second-order valence-corrected chi connectivity index (χ2v) is 15.4. The van der Waals surface area contributed by atoms with Gasteiger partial charge in [0.15, 0.2) is 5.84 Å². The van der Waals surface area contributed by atoms with Gasteiger partial charge in [-0.15, -0.1) is 0 Å². The molecule has 9 aromatic carbocycles. The predicted molar refractivity (Wildman–Crippen MR) is 249 cm³/mol. The van der Waals surface area contributed by atoms with Crippen LogP contribution >= 0.6 is 0 Å². The van der Waals surface area contributed by atoms with Crippen LogP contribution in [0.15, 0.2) is 209 Å². The van der Waals surface area contributed by atoms with Crippen molar-refractivity contribution in [2.45, 2.75) is 19.9 Å². The van der Waals surface area contributed by atoms with Crippen LogP contribution in [0.4, 0.5) is 0 Å². The molecule has 0 bridgehead atoms. The minimum Gasteiger partial charge on any atom is -0.456 e. The predicted octanol–water partition coefficient (Wildman–Crippen LogP) is 14.7. The molecule has 0 saturated carbocycles. The van der Waals surface area contributed by atoms with Gasteiger partial charge in [0.1, 0.15) is 11.2 Å². The third kappa shape index (κ3) is 6.18. The number of rotatable bonds is 6. The van der Waals surface area contributed by atoms with Crippen molar-refractivity contribution in [2.24, 2.45) is 9.98 Å². The Labute approximate surface area is 342 Å². The summed E-state index contributed by atoms with van der Waals surface area (Å²) in [6.07, 6.45) is 0. The van der Waals surface area contributed by atoms with Crippen LogP contribution in [-0.4, -0.2) is 16.1 Å². The van der Waals surface area contributed by atoms with Crippen LogP contribution in [0.3, 0.4) is 0 Å². The molecule has 0 radical (unpaired) electrons. The average Bonchev–Trinajstić information content (AvgIpc) is 3.82. The molecule has 0 N–H and O–H groups in total. The largest absolute Gasteiger partial charge is 0.456 e. The summed E-state index contributed by atoms with van der Waals surface area (Å²) in [5.41, 5.74) is 11.4. The van der Waals surface area contributed by atoms with Gasteiger partial charge < -0.3 is 8.98 Å². The average molecular weight is 758 g/mol. The second kappa shape index (κ2) is 14.1. The number of amidine groups is 1. The molecule has 4 heteroatoms. The number of fused-ring (bicyclic) bond motifs is 8. The van der Waals surface area contributed by atoms with Crippen molar-refractivity contribution in [3.63, 3.8) is 0 Å². The maximum absolute atomic E-state index is 6.76. The fourth-order valence-electron chi connectivity index (χ4n) is 8.63. The number of furan rings is 1. The minimum atomic E-state index is -0.122. The van der Waals surface area contributed by atoms with Crippen LogP contribution < -0.4 is 0 Å². The summed E-state index contributed by atoms with van der Waals surface area (Å²) >= 11 is 0. The third-order valence-corrected chi connectivity index (χ3v) is 11.8. The highest BCUT2D eigenvalue weighted by atomic mass is 16.3. The Morgan fingerprint density at radius 2 is 1.12 bits per heavy atom. The van der Waals surface area contributed by atoms with Gasteiger partial charge in [0.2, 0.25) is 0 Å². The number of benzene rings is 9. The first-order chi connectivity index (χ1) is 29.0. The van der Waals surface area contributed by atoms with Gasteiger partial charge in [-0.1, -0.05) is 133 Å². The van der Waals surface area contributed by atoms with Crippen molar-refractivity contribution in [2.75, 3.05) is 0 Å². The molecular formula is C55H39N3O. The standard InChI is InChI=1S/C55H39N3O/c1-35(37-13-5-3-6-14-37)56-55(57-36(2)40-22-21-39-17-9-10-18-41(39)29-40)45-23-26-47-48-27-25-46(34-54(48)59-53(47)33-45)58-51-28-24-44(38-15-7-4-8-16-38)31-49(51)50-30-42-19-11-12-20-43(42)32-52(50)58/h3-34,36H,1-2H3/t36-/m1/s1. The quantitative estimate of drug-likeness (QED) is 0.123. The summed E-state index contributed by atoms with van der Waals surface area (Å²) in [7, 11) is 0. The minimum absolute atomic E-state index is 0.122. The fraction of sp³-hybridized carbons (Fsp3) is 0.0545. The summed E-state index contributed by atoms with van der Waals surface area (Å²) in [6.45, 7) is 4.19. The lowest BCUT2D eigenvalue weighted by Crippen LogP contribution is -2.06. The molecule has 0 aliphatic rings. The molecular weight excluding hydrogens is 719 g/mol. The molecule has 2 heterocycles. The van der Waals surface area contributed by atoms with Crippen molar-refractivity contribution in [1.29, 1.82) is 0 Å². The van der Waals surface area contributed by atoms with E-state index < -0.39 is 0 Å². The SMILES string of the molecule is CC(=NC(=N[C@H](C)c1ccc2ccccc2c1)c1ccc2c(c1)oc1cc(-n3c4ccc(-c5ccccc5)cc4c4cc5ccccc5cc43)ccc12)c1ccccc1. The Bertz CT molecular complexity index is 3460. The molecule has 59 heavy (non-hydrogen) atoms. The Hall–Kier alpha value is -7.56. The molecule has 0 fully saturated rings. The van der Waals surface area contributed by atoms with Crippen LogP contribution in [0.1, 0.15) is 36.6 Å². The smallest absolute Gasteiger partial charge is 0.155 e. The molecule has 280 valence electrons. The Morgan fingerprint density at radius 1 is 0.475 bits per heavy atom. The lowest BCUT2D eigenvalue weighted by molar-refractivity contribution is 0.668. The summed E-state index contributed by atoms with van der Waals surface area (Å²) in [5.74, 6) is 0.669. The van der Waals surface area contributed by atoms with Gasteiger partial charge in [-0.2, -0.15) is 0 Å². The van der Waals surface area contributed by atoms with Gasteiger partial charge in [-0.3, -0.25) is 4.99 Å². The molecule has 0 aliphatic heterocycles. The number of nitrogens with zero attached hydrogens (tertiary/aromatic N) is 3. The first-order valence-corrected chi connectivity index (χ1v) is 20.2. The zero-order valence-corrected chi connectivity index (χ0v) is 32.8. The van der Waals surface area contributed by atoms with Gasteiger partial charge in [0, 0.05) is 44.6 Å². The zero-order valence-electron chi connectivity index (χ0n) is 32.8. The van der Waals surface area contributed by atoms with E-state index in [-0.39, 0.29) is 6.04 Å². The number of hydrogen-bond donors (Lipinski definition) is 0. The van der Waals surface area contributed by atoms with Crippen molar-refractivity contribution >= 4 is 76.8 Å². The molecule has 1 atom stereocenters. The molecule has 11 rings (SSSR count). The molecule has 0 unspecified atom stereocenters. The van der Waals surface area contributed by atoms with Crippen LogP contribution in [0.25, 0.3) is 82.1 Å². The van der Waals surface area contributed by atoms with Gasteiger partial charge >= 0.3 is 0 Å². The van der Waals surface area contributed by atoms with Crippen LogP contribution in [0, 0.1) is 0 Å². The van der Waals surface area contributed by atoms with Crippen LogP contribution in [0.2, 0.25) is 0 Å². The number of aliphatic imine (C=N–C) groups is 2.